The Hall–Kier alpha value is -1.79. The Kier molecular flexibility index (Phi) is 6.26. The van der Waals surface area contributed by atoms with E-state index >= 15 is 0 Å². The van der Waals surface area contributed by atoms with Crippen molar-refractivity contribution in [2.45, 2.75) is 52.9 Å². The average Bonchev–Trinajstić information content (AvgIpc) is 3.15. The second-order valence-corrected chi connectivity index (χ2v) is 10.2. The minimum Gasteiger partial charge on any atom is -0.318 e. The normalized spacial score (nSPS) is 19.3. The molecule has 6 heteroatoms. The van der Waals surface area contributed by atoms with Crippen LogP contribution in [0.1, 0.15) is 54.6 Å². The summed E-state index contributed by atoms with van der Waals surface area (Å²) in [7, 11) is 0. The molecule has 4 nitrogen and oxygen atoms in total. The molecule has 0 spiro atoms. The number of carbonyl (C=O) groups excluding carboxylic acids is 2. The van der Waals surface area contributed by atoms with Gasteiger partial charge in [-0.05, 0) is 92.8 Å². The molecule has 2 amide bonds. The summed E-state index contributed by atoms with van der Waals surface area (Å²) in [6, 6.07) is 8.37. The number of amides is 2. The smallest absolute Gasteiger partial charge is 0.293 e. The van der Waals surface area contributed by atoms with E-state index in [1.54, 1.807) is 0 Å². The predicted octanol–water partition coefficient (Wildman–Crippen LogP) is 6.78. The molecule has 2 fully saturated rings. The van der Waals surface area contributed by atoms with Gasteiger partial charge in [-0.3, -0.25) is 14.5 Å². The summed E-state index contributed by atoms with van der Waals surface area (Å²) in [5, 5.41) is -0.130. The average molecular weight is 487 g/mol. The molecule has 1 aromatic carbocycles. The van der Waals surface area contributed by atoms with E-state index in [0.717, 1.165) is 51.7 Å². The van der Waals surface area contributed by atoms with Crippen molar-refractivity contribution in [2.75, 3.05) is 6.54 Å². The lowest BCUT2D eigenvalue weighted by Gasteiger charge is -2.25. The molecule has 0 unspecified atom stereocenters. The van der Waals surface area contributed by atoms with Crippen LogP contribution in [0.15, 0.2) is 33.6 Å². The van der Waals surface area contributed by atoms with Gasteiger partial charge in [-0.2, -0.15) is 0 Å². The van der Waals surface area contributed by atoms with Gasteiger partial charge in [0, 0.05) is 28.1 Å². The third kappa shape index (κ3) is 4.17. The third-order valence-electron chi connectivity index (χ3n) is 6.20. The number of rotatable bonds is 4. The van der Waals surface area contributed by atoms with Gasteiger partial charge in [0.05, 0.1) is 4.91 Å². The molecule has 2 aromatic rings. The molecule has 0 radical (unpaired) electrons. The van der Waals surface area contributed by atoms with E-state index in [0.29, 0.717) is 17.4 Å². The minimum absolute atomic E-state index is 0.130. The first-order chi connectivity index (χ1) is 14.3. The molecule has 2 heterocycles. The standard InChI is InChI=1S/C24H27BrN2O2S/c1-15-11-20(9-10-21(15)25)27-16(2)12-19(17(27)3)13-22-23(28)26(24(29)30-22)14-18-7-5-4-6-8-18/h9-13,18H,4-8,14H2,1-3H3/b22-13+. The molecule has 158 valence electrons. The van der Waals surface area contributed by atoms with Gasteiger partial charge >= 0.3 is 0 Å². The molecular weight excluding hydrogens is 460 g/mol. The lowest BCUT2D eigenvalue weighted by Crippen LogP contribution is -2.34. The van der Waals surface area contributed by atoms with Crippen molar-refractivity contribution in [1.29, 1.82) is 0 Å². The molecule has 2 aliphatic rings. The molecule has 1 aliphatic heterocycles. The van der Waals surface area contributed by atoms with Crippen LogP contribution in [0, 0.1) is 26.7 Å². The maximum atomic E-state index is 13.0. The van der Waals surface area contributed by atoms with Crippen molar-refractivity contribution in [3.05, 3.63) is 56.2 Å². The van der Waals surface area contributed by atoms with Crippen LogP contribution in [0.5, 0.6) is 0 Å². The quantitative estimate of drug-likeness (QED) is 0.447. The van der Waals surface area contributed by atoms with Crippen LogP contribution in [0.3, 0.4) is 0 Å². The first-order valence-corrected chi connectivity index (χ1v) is 12.2. The number of nitrogens with zero attached hydrogens (tertiary/aromatic N) is 2. The monoisotopic (exact) mass is 486 g/mol. The zero-order valence-corrected chi connectivity index (χ0v) is 20.1. The highest BCUT2D eigenvalue weighted by Crippen LogP contribution is 2.36. The van der Waals surface area contributed by atoms with E-state index in [-0.39, 0.29) is 11.1 Å². The maximum absolute atomic E-state index is 13.0. The fourth-order valence-electron chi connectivity index (χ4n) is 4.53. The molecule has 1 saturated heterocycles. The summed E-state index contributed by atoms with van der Waals surface area (Å²) in [5.41, 5.74) is 5.41. The van der Waals surface area contributed by atoms with Gasteiger partial charge in [-0.15, -0.1) is 0 Å². The van der Waals surface area contributed by atoms with Gasteiger partial charge in [0.25, 0.3) is 11.1 Å². The summed E-state index contributed by atoms with van der Waals surface area (Å²) in [6.45, 7) is 6.77. The molecule has 1 aliphatic carbocycles. The highest BCUT2D eigenvalue weighted by molar-refractivity contribution is 9.10. The maximum Gasteiger partial charge on any atom is 0.293 e. The van der Waals surface area contributed by atoms with Crippen molar-refractivity contribution in [3.63, 3.8) is 0 Å². The highest BCUT2D eigenvalue weighted by atomic mass is 79.9. The summed E-state index contributed by atoms with van der Waals surface area (Å²) in [4.78, 5) is 27.5. The number of aryl methyl sites for hydroxylation is 2. The van der Waals surface area contributed by atoms with Crippen LogP contribution in [0.25, 0.3) is 11.8 Å². The topological polar surface area (TPSA) is 42.3 Å². The third-order valence-corrected chi connectivity index (χ3v) is 7.99. The number of halogens is 1. The zero-order valence-electron chi connectivity index (χ0n) is 17.7. The van der Waals surface area contributed by atoms with Gasteiger partial charge in [-0.1, -0.05) is 35.2 Å². The lowest BCUT2D eigenvalue weighted by molar-refractivity contribution is -0.123. The number of hydrogen-bond acceptors (Lipinski definition) is 3. The summed E-state index contributed by atoms with van der Waals surface area (Å²) >= 11 is 4.63. The summed E-state index contributed by atoms with van der Waals surface area (Å²) in [5.74, 6) is 0.317. The Bertz CT molecular complexity index is 1030. The van der Waals surface area contributed by atoms with E-state index in [1.807, 2.05) is 6.08 Å². The number of hydrogen-bond donors (Lipinski definition) is 0. The van der Waals surface area contributed by atoms with Gasteiger partial charge in [0.2, 0.25) is 0 Å². The van der Waals surface area contributed by atoms with Crippen molar-refractivity contribution in [3.8, 4) is 5.69 Å². The van der Waals surface area contributed by atoms with E-state index in [4.69, 9.17) is 0 Å². The van der Waals surface area contributed by atoms with Crippen LogP contribution in [-0.4, -0.2) is 27.2 Å². The summed E-state index contributed by atoms with van der Waals surface area (Å²) in [6.07, 6.45) is 7.81. The molecule has 1 aromatic heterocycles. The molecule has 0 N–H and O–H groups in total. The Morgan fingerprint density at radius 3 is 2.53 bits per heavy atom. The van der Waals surface area contributed by atoms with Crippen LogP contribution < -0.4 is 0 Å². The van der Waals surface area contributed by atoms with Gasteiger partial charge in [0.1, 0.15) is 0 Å². The Morgan fingerprint density at radius 2 is 1.83 bits per heavy atom. The van der Waals surface area contributed by atoms with E-state index in [2.05, 4.69) is 65.5 Å². The van der Waals surface area contributed by atoms with E-state index in [1.165, 1.54) is 29.7 Å². The second-order valence-electron chi connectivity index (χ2n) is 8.39. The molecule has 0 bridgehead atoms. The van der Waals surface area contributed by atoms with Gasteiger partial charge in [0.15, 0.2) is 0 Å². The Balaban J connectivity index is 1.59. The highest BCUT2D eigenvalue weighted by Gasteiger charge is 2.36. The SMILES string of the molecule is Cc1cc(-n2c(C)cc(/C=C3/SC(=O)N(CC4CCCCC4)C3=O)c2C)ccc1Br. The Morgan fingerprint density at radius 1 is 1.10 bits per heavy atom. The predicted molar refractivity (Wildman–Crippen MR) is 127 cm³/mol. The lowest BCUT2D eigenvalue weighted by atomic mass is 9.89. The molecule has 0 atom stereocenters. The van der Waals surface area contributed by atoms with Crippen LogP contribution in [0.2, 0.25) is 0 Å². The number of carbonyl (C=O) groups is 2. The van der Waals surface area contributed by atoms with Crippen molar-refractivity contribution < 1.29 is 9.59 Å². The van der Waals surface area contributed by atoms with E-state index < -0.39 is 0 Å². The minimum atomic E-state index is -0.139. The first-order valence-electron chi connectivity index (χ1n) is 10.6. The molecule has 1 saturated carbocycles. The first kappa shape index (κ1) is 21.4. The van der Waals surface area contributed by atoms with Crippen LogP contribution in [0.4, 0.5) is 4.79 Å². The largest absolute Gasteiger partial charge is 0.318 e. The van der Waals surface area contributed by atoms with Gasteiger partial charge < -0.3 is 4.57 Å². The van der Waals surface area contributed by atoms with Crippen molar-refractivity contribution in [2.24, 2.45) is 5.92 Å². The second kappa shape index (κ2) is 8.75. The summed E-state index contributed by atoms with van der Waals surface area (Å²) < 4.78 is 3.28. The molecule has 4 rings (SSSR count). The Labute approximate surface area is 190 Å². The molecular formula is C24H27BrN2O2S. The number of imide groups is 1. The fraction of sp³-hybridized carbons (Fsp3) is 0.417. The van der Waals surface area contributed by atoms with Gasteiger partial charge in [-0.25, -0.2) is 0 Å². The number of benzene rings is 1. The van der Waals surface area contributed by atoms with Crippen molar-refractivity contribution in [1.82, 2.24) is 9.47 Å². The van der Waals surface area contributed by atoms with Crippen molar-refractivity contribution >= 4 is 44.9 Å². The number of aromatic nitrogens is 1. The molecule has 30 heavy (non-hydrogen) atoms. The fourth-order valence-corrected chi connectivity index (χ4v) is 5.61. The van der Waals surface area contributed by atoms with Crippen LogP contribution >= 0.6 is 27.7 Å². The van der Waals surface area contributed by atoms with Crippen LogP contribution in [-0.2, 0) is 4.79 Å². The number of thioether (sulfide) groups is 1. The zero-order chi connectivity index (χ0) is 21.4. The van der Waals surface area contributed by atoms with E-state index in [9.17, 15) is 9.59 Å².